The Bertz CT molecular complexity index is 1210. The molecular weight excluding hydrogens is 854 g/mol. The molecule has 12 heteroatoms. The van der Waals surface area contributed by atoms with Crippen molar-refractivity contribution in [3.8, 4) is 0 Å². The molecule has 0 fully saturated rings. The monoisotopic (exact) mass is 956 g/mol. The van der Waals surface area contributed by atoms with Crippen LogP contribution in [0.4, 0.5) is 0 Å². The Morgan fingerprint density at radius 3 is 1.18 bits per heavy atom. The van der Waals surface area contributed by atoms with E-state index in [4.69, 9.17) is 29.4 Å². The van der Waals surface area contributed by atoms with Crippen molar-refractivity contribution in [1.29, 1.82) is 0 Å². The summed E-state index contributed by atoms with van der Waals surface area (Å²) in [6.45, 7) is 2.85. The molecule has 0 bridgehead atoms. The minimum Gasteiger partial charge on any atom is -0.480 e. The number of rotatable bonds is 52. The summed E-state index contributed by atoms with van der Waals surface area (Å²) in [5.41, 5.74) is 5.36. The third-order valence-electron chi connectivity index (χ3n) is 12.2. The highest BCUT2D eigenvalue weighted by atomic mass is 31.2. The number of phosphoric acid groups is 1. The maximum atomic E-state index is 12.7. The first kappa shape index (κ1) is 64.0. The van der Waals surface area contributed by atoms with Gasteiger partial charge in [0.1, 0.15) is 12.6 Å². The van der Waals surface area contributed by atoms with Crippen molar-refractivity contribution in [2.75, 3.05) is 19.8 Å². The van der Waals surface area contributed by atoms with Crippen molar-refractivity contribution >= 4 is 25.7 Å². The molecule has 0 saturated carbocycles. The molecule has 0 spiro atoms. The van der Waals surface area contributed by atoms with Gasteiger partial charge in [-0.3, -0.25) is 23.4 Å². The highest BCUT2D eigenvalue weighted by Gasteiger charge is 2.28. The van der Waals surface area contributed by atoms with E-state index in [0.29, 0.717) is 12.8 Å². The zero-order valence-corrected chi connectivity index (χ0v) is 43.4. The summed E-state index contributed by atoms with van der Waals surface area (Å²) in [6, 6.07) is -1.52. The van der Waals surface area contributed by atoms with E-state index in [-0.39, 0.29) is 19.4 Å². The number of aliphatic carboxylic acids is 1. The number of carboxylic acid groups (broad SMARTS) is 1. The van der Waals surface area contributed by atoms with Gasteiger partial charge in [-0.25, -0.2) is 4.57 Å². The van der Waals surface area contributed by atoms with Gasteiger partial charge in [0.15, 0.2) is 6.10 Å². The lowest BCUT2D eigenvalue weighted by atomic mass is 10.0. The zero-order chi connectivity index (χ0) is 48.4. The Labute approximate surface area is 404 Å². The molecule has 0 aliphatic heterocycles. The van der Waals surface area contributed by atoms with Crippen LogP contribution in [0.5, 0.6) is 0 Å². The van der Waals surface area contributed by atoms with Crippen LogP contribution in [0.3, 0.4) is 0 Å². The predicted octanol–water partition coefficient (Wildman–Crippen LogP) is 15.7. The lowest BCUT2D eigenvalue weighted by molar-refractivity contribution is -0.161. The highest BCUT2D eigenvalue weighted by molar-refractivity contribution is 7.47. The fourth-order valence-corrected chi connectivity index (χ4v) is 8.70. The normalized spacial score (nSPS) is 13.6. The molecule has 0 saturated heterocycles. The van der Waals surface area contributed by atoms with E-state index in [2.05, 4.69) is 38.2 Å². The molecular formula is C54H102NO10P. The number of esters is 2. The molecule has 0 aliphatic rings. The predicted molar refractivity (Wildman–Crippen MR) is 272 cm³/mol. The van der Waals surface area contributed by atoms with Crippen LogP contribution >= 0.6 is 7.82 Å². The standard InChI is InChI=1S/C54H102NO10P/c1-3-5-7-9-11-13-15-17-19-21-23-24-25-26-28-30-32-34-36-38-40-42-44-46-53(57)65-50(48-63-66(60,61)64-49-51(55)54(58)59)47-62-52(56)45-43-41-39-37-35-33-31-29-27-22-20-18-16-14-12-10-8-6-4-2/h15,17,21,23,50-51H,3-14,16,18-20,22,24-49,55H2,1-2H3,(H,58,59)(H,60,61)/b17-15-,23-21-. The second kappa shape index (κ2) is 49.4. The van der Waals surface area contributed by atoms with E-state index in [0.717, 1.165) is 44.9 Å². The van der Waals surface area contributed by atoms with Gasteiger partial charge < -0.3 is 25.2 Å². The first-order chi connectivity index (χ1) is 32.1. The lowest BCUT2D eigenvalue weighted by Crippen LogP contribution is -2.34. The number of hydrogen-bond acceptors (Lipinski definition) is 9. The van der Waals surface area contributed by atoms with Crippen LogP contribution < -0.4 is 5.73 Å². The largest absolute Gasteiger partial charge is 0.480 e. The molecule has 3 unspecified atom stereocenters. The molecule has 0 radical (unpaired) electrons. The molecule has 0 aromatic rings. The Hall–Kier alpha value is -2.04. The summed E-state index contributed by atoms with van der Waals surface area (Å²) in [4.78, 5) is 46.3. The summed E-state index contributed by atoms with van der Waals surface area (Å²) in [6.07, 6.45) is 55.2. The van der Waals surface area contributed by atoms with Gasteiger partial charge in [-0.2, -0.15) is 0 Å². The summed E-state index contributed by atoms with van der Waals surface area (Å²) in [5.74, 6) is -2.36. The maximum absolute atomic E-state index is 12.7. The molecule has 4 N–H and O–H groups in total. The zero-order valence-electron chi connectivity index (χ0n) is 42.6. The summed E-state index contributed by atoms with van der Waals surface area (Å²) in [5, 5.41) is 8.93. The molecule has 0 heterocycles. The van der Waals surface area contributed by atoms with Crippen LogP contribution in [0, 0.1) is 0 Å². The van der Waals surface area contributed by atoms with Crippen molar-refractivity contribution < 1.29 is 47.5 Å². The average molecular weight is 956 g/mol. The van der Waals surface area contributed by atoms with Crippen molar-refractivity contribution in [3.63, 3.8) is 0 Å². The van der Waals surface area contributed by atoms with Gasteiger partial charge in [-0.15, -0.1) is 0 Å². The van der Waals surface area contributed by atoms with E-state index >= 15 is 0 Å². The number of carbonyl (C=O) groups excluding carboxylic acids is 2. The number of allylic oxidation sites excluding steroid dienone is 4. The minimum absolute atomic E-state index is 0.162. The van der Waals surface area contributed by atoms with Gasteiger partial charge in [0.05, 0.1) is 13.2 Å². The van der Waals surface area contributed by atoms with Crippen LogP contribution in [-0.4, -0.2) is 59.9 Å². The highest BCUT2D eigenvalue weighted by Crippen LogP contribution is 2.43. The molecule has 0 rings (SSSR count). The van der Waals surface area contributed by atoms with Crippen LogP contribution in [0.2, 0.25) is 0 Å². The number of hydrogen-bond donors (Lipinski definition) is 3. The third kappa shape index (κ3) is 48.4. The minimum atomic E-state index is -4.72. The first-order valence-corrected chi connectivity index (χ1v) is 28.9. The van der Waals surface area contributed by atoms with Gasteiger partial charge in [0.2, 0.25) is 0 Å². The van der Waals surface area contributed by atoms with Crippen LogP contribution in [0.25, 0.3) is 0 Å². The fraction of sp³-hybridized carbons (Fsp3) is 0.870. The summed E-state index contributed by atoms with van der Waals surface area (Å²) >= 11 is 0. The van der Waals surface area contributed by atoms with Crippen molar-refractivity contribution in [2.45, 2.75) is 283 Å². The van der Waals surface area contributed by atoms with Gasteiger partial charge >= 0.3 is 25.7 Å². The maximum Gasteiger partial charge on any atom is 0.472 e. The smallest absolute Gasteiger partial charge is 0.472 e. The third-order valence-corrected chi connectivity index (χ3v) is 13.2. The van der Waals surface area contributed by atoms with Crippen molar-refractivity contribution in [1.82, 2.24) is 0 Å². The van der Waals surface area contributed by atoms with Crippen LogP contribution in [0.1, 0.15) is 271 Å². The molecule has 11 nitrogen and oxygen atoms in total. The first-order valence-electron chi connectivity index (χ1n) is 27.4. The Balaban J connectivity index is 4.18. The van der Waals surface area contributed by atoms with Crippen molar-refractivity contribution in [2.24, 2.45) is 5.73 Å². The number of ether oxygens (including phenoxy) is 2. The fourth-order valence-electron chi connectivity index (χ4n) is 7.92. The topological polar surface area (TPSA) is 172 Å². The van der Waals surface area contributed by atoms with E-state index in [9.17, 15) is 23.8 Å². The summed E-state index contributed by atoms with van der Waals surface area (Å²) < 4.78 is 32.9. The van der Waals surface area contributed by atoms with Crippen molar-refractivity contribution in [3.05, 3.63) is 24.3 Å². The number of carbonyl (C=O) groups is 3. The number of phosphoric ester groups is 1. The molecule has 0 aliphatic carbocycles. The van der Waals surface area contributed by atoms with Gasteiger partial charge in [0, 0.05) is 12.8 Å². The molecule has 66 heavy (non-hydrogen) atoms. The lowest BCUT2D eigenvalue weighted by Gasteiger charge is -2.20. The van der Waals surface area contributed by atoms with E-state index in [1.807, 2.05) is 0 Å². The van der Waals surface area contributed by atoms with E-state index in [1.54, 1.807) is 0 Å². The second-order valence-corrected chi connectivity index (χ2v) is 20.2. The van der Waals surface area contributed by atoms with Crippen LogP contribution in [-0.2, 0) is 37.5 Å². The Kier molecular flexibility index (Phi) is 47.9. The number of carboxylic acids is 1. The molecule has 3 atom stereocenters. The molecule has 0 amide bonds. The SMILES string of the molecule is CCCCCCC/C=C\C/C=C\CCCCCCCCCCCCCC(=O)OC(COC(=O)CCCCCCCCCCCCCCCCCCCCC)COP(=O)(O)OCC(N)C(=O)O. The van der Waals surface area contributed by atoms with Gasteiger partial charge in [-0.05, 0) is 44.9 Å². The molecule has 0 aromatic carbocycles. The average Bonchev–Trinajstić information content (AvgIpc) is 3.30. The second-order valence-electron chi connectivity index (χ2n) is 18.7. The number of unbranched alkanes of at least 4 members (excludes halogenated alkanes) is 34. The summed E-state index contributed by atoms with van der Waals surface area (Å²) in [7, 11) is -4.72. The molecule has 0 aromatic heterocycles. The Morgan fingerprint density at radius 2 is 0.803 bits per heavy atom. The quantitative estimate of drug-likeness (QED) is 0.0229. The van der Waals surface area contributed by atoms with Gasteiger partial charge in [-0.1, -0.05) is 237 Å². The van der Waals surface area contributed by atoms with Gasteiger partial charge in [0.25, 0.3) is 0 Å². The van der Waals surface area contributed by atoms with E-state index < -0.39 is 51.1 Å². The van der Waals surface area contributed by atoms with E-state index in [1.165, 1.54) is 186 Å². The Morgan fingerprint density at radius 1 is 0.470 bits per heavy atom. The number of nitrogens with two attached hydrogens (primary N) is 1. The van der Waals surface area contributed by atoms with Crippen LogP contribution in [0.15, 0.2) is 24.3 Å². The molecule has 388 valence electrons.